The lowest BCUT2D eigenvalue weighted by Gasteiger charge is -2.05. The molecule has 1 amide bonds. The summed E-state index contributed by atoms with van der Waals surface area (Å²) >= 11 is 6.52. The Kier molecular flexibility index (Phi) is 5.79. The predicted molar refractivity (Wildman–Crippen MR) is 95.2 cm³/mol. The number of halogens is 3. The van der Waals surface area contributed by atoms with Crippen molar-refractivity contribution in [1.29, 1.82) is 0 Å². The monoisotopic (exact) mass is 395 g/mol. The van der Waals surface area contributed by atoms with Crippen molar-refractivity contribution >= 4 is 35.0 Å². The molecule has 0 bridgehead atoms. The number of aromatic nitrogens is 4. The maximum atomic E-state index is 12.3. The van der Waals surface area contributed by atoms with Gasteiger partial charge in [-0.3, -0.25) is 4.79 Å². The molecule has 0 saturated heterocycles. The Morgan fingerprint density at radius 3 is 2.62 bits per heavy atom. The third-order valence-electron chi connectivity index (χ3n) is 3.22. The Hall–Kier alpha value is -2.52. The zero-order valence-corrected chi connectivity index (χ0v) is 14.7. The molecule has 0 unspecified atom stereocenters. The van der Waals surface area contributed by atoms with Crippen LogP contribution in [0.5, 0.6) is 0 Å². The van der Waals surface area contributed by atoms with E-state index in [1.807, 2.05) is 0 Å². The molecule has 26 heavy (non-hydrogen) atoms. The Labute approximate surface area is 156 Å². The van der Waals surface area contributed by atoms with Gasteiger partial charge in [0.15, 0.2) is 0 Å². The molecule has 0 saturated carbocycles. The van der Waals surface area contributed by atoms with Crippen LogP contribution in [0.1, 0.15) is 0 Å². The number of carbonyl (C=O) groups excluding carboxylic acids is 1. The lowest BCUT2D eigenvalue weighted by atomic mass is 10.2. The molecule has 3 aromatic rings. The molecule has 1 N–H and O–H groups in total. The van der Waals surface area contributed by atoms with Gasteiger partial charge in [0.25, 0.3) is 5.76 Å². The Morgan fingerprint density at radius 1 is 1.19 bits per heavy atom. The van der Waals surface area contributed by atoms with Crippen LogP contribution < -0.4 is 5.32 Å². The molecule has 0 fully saturated rings. The molecular weight excluding hydrogens is 384 g/mol. The third kappa shape index (κ3) is 4.77. The van der Waals surface area contributed by atoms with Gasteiger partial charge in [0, 0.05) is 16.1 Å². The van der Waals surface area contributed by atoms with Crippen LogP contribution >= 0.6 is 23.4 Å². The van der Waals surface area contributed by atoms with Crippen LogP contribution in [0.15, 0.2) is 53.4 Å². The summed E-state index contributed by atoms with van der Waals surface area (Å²) in [6.45, 7) is -0.148. The van der Waals surface area contributed by atoms with E-state index < -0.39 is 5.76 Å². The molecule has 1 heterocycles. The Morgan fingerprint density at radius 2 is 1.92 bits per heavy atom. The van der Waals surface area contributed by atoms with Crippen molar-refractivity contribution in [1.82, 2.24) is 20.2 Å². The average molecular weight is 396 g/mol. The summed E-state index contributed by atoms with van der Waals surface area (Å²) < 4.78 is 24.6. The summed E-state index contributed by atoms with van der Waals surface area (Å²) in [7, 11) is 0. The lowest BCUT2D eigenvalue weighted by Crippen LogP contribution is -2.20. The Balaban J connectivity index is 1.61. The van der Waals surface area contributed by atoms with E-state index in [9.17, 15) is 13.6 Å². The number of amides is 1. The van der Waals surface area contributed by atoms with Gasteiger partial charge in [-0.1, -0.05) is 35.5 Å². The highest BCUT2D eigenvalue weighted by Gasteiger charge is 2.12. The SMILES string of the molecule is O=C(Cn1nnc(-c2ccccc2Cl)n1)Nc1ccc(SC(F)F)cc1. The number of nitrogens with one attached hydrogen (secondary N) is 1. The molecule has 10 heteroatoms. The van der Waals surface area contributed by atoms with Crippen LogP contribution in [0.25, 0.3) is 11.4 Å². The van der Waals surface area contributed by atoms with Gasteiger partial charge in [0.2, 0.25) is 11.7 Å². The second-order valence-corrected chi connectivity index (χ2v) is 6.55. The molecule has 0 spiro atoms. The van der Waals surface area contributed by atoms with Crippen LogP contribution in [0, 0.1) is 0 Å². The van der Waals surface area contributed by atoms with E-state index in [1.54, 1.807) is 36.4 Å². The highest BCUT2D eigenvalue weighted by atomic mass is 35.5. The van der Waals surface area contributed by atoms with Crippen LogP contribution in [0.2, 0.25) is 5.02 Å². The second kappa shape index (κ2) is 8.24. The van der Waals surface area contributed by atoms with E-state index in [0.717, 1.165) is 4.80 Å². The van der Waals surface area contributed by atoms with Crippen molar-refractivity contribution < 1.29 is 13.6 Å². The number of carbonyl (C=O) groups is 1. The standard InChI is InChI=1S/C16H12ClF2N5OS/c17-13-4-2-1-3-12(13)15-21-23-24(22-15)9-14(25)20-10-5-7-11(8-6-10)26-16(18)19/h1-8,16H,9H2,(H,20,25). The largest absolute Gasteiger partial charge is 0.324 e. The highest BCUT2D eigenvalue weighted by molar-refractivity contribution is 7.99. The topological polar surface area (TPSA) is 72.7 Å². The summed E-state index contributed by atoms with van der Waals surface area (Å²) in [5.41, 5.74) is 1.10. The fourth-order valence-electron chi connectivity index (χ4n) is 2.11. The van der Waals surface area contributed by atoms with Gasteiger partial charge in [-0.05, 0) is 41.6 Å². The summed E-state index contributed by atoms with van der Waals surface area (Å²) in [6.07, 6.45) is 0. The van der Waals surface area contributed by atoms with Gasteiger partial charge in [0.05, 0.1) is 5.02 Å². The molecule has 0 aliphatic heterocycles. The van der Waals surface area contributed by atoms with Gasteiger partial charge >= 0.3 is 0 Å². The van der Waals surface area contributed by atoms with Crippen molar-refractivity contribution in [3.63, 3.8) is 0 Å². The highest BCUT2D eigenvalue weighted by Crippen LogP contribution is 2.26. The molecule has 3 rings (SSSR count). The quantitative estimate of drug-likeness (QED) is 0.640. The molecule has 0 aliphatic carbocycles. The molecule has 0 atom stereocenters. The maximum Gasteiger partial charge on any atom is 0.288 e. The van der Waals surface area contributed by atoms with Crippen LogP contribution in [0.3, 0.4) is 0 Å². The van der Waals surface area contributed by atoms with Gasteiger partial charge in [-0.15, -0.1) is 10.2 Å². The maximum absolute atomic E-state index is 12.3. The Bertz CT molecular complexity index is 904. The van der Waals surface area contributed by atoms with Crippen molar-refractivity contribution in [2.24, 2.45) is 0 Å². The van der Waals surface area contributed by atoms with E-state index in [4.69, 9.17) is 11.6 Å². The summed E-state index contributed by atoms with van der Waals surface area (Å²) in [5, 5.41) is 15.0. The normalized spacial score (nSPS) is 10.9. The first kappa shape index (κ1) is 18.3. The molecule has 134 valence electrons. The van der Waals surface area contributed by atoms with E-state index in [2.05, 4.69) is 20.7 Å². The number of rotatable bonds is 6. The molecule has 6 nitrogen and oxygen atoms in total. The summed E-state index contributed by atoms with van der Waals surface area (Å²) in [4.78, 5) is 13.6. The zero-order valence-electron chi connectivity index (χ0n) is 13.1. The second-order valence-electron chi connectivity index (χ2n) is 5.07. The summed E-state index contributed by atoms with van der Waals surface area (Å²) in [5.74, 6) is -2.54. The van der Waals surface area contributed by atoms with Gasteiger partial charge in [0.1, 0.15) is 6.54 Å². The number of nitrogens with zero attached hydrogens (tertiary/aromatic N) is 4. The minimum absolute atomic E-state index is 0.148. The van der Waals surface area contributed by atoms with E-state index in [1.165, 1.54) is 12.1 Å². The van der Waals surface area contributed by atoms with E-state index in [0.29, 0.717) is 38.8 Å². The molecule has 0 radical (unpaired) electrons. The van der Waals surface area contributed by atoms with E-state index in [-0.39, 0.29) is 12.5 Å². The minimum atomic E-state index is -2.49. The number of hydrogen-bond acceptors (Lipinski definition) is 5. The summed E-state index contributed by atoms with van der Waals surface area (Å²) in [6, 6.07) is 13.2. The smallest absolute Gasteiger partial charge is 0.288 e. The van der Waals surface area contributed by atoms with Crippen molar-refractivity contribution in [2.45, 2.75) is 17.2 Å². The van der Waals surface area contributed by atoms with E-state index >= 15 is 0 Å². The number of anilines is 1. The number of thioether (sulfide) groups is 1. The van der Waals surface area contributed by atoms with Crippen molar-refractivity contribution in [3.8, 4) is 11.4 Å². The van der Waals surface area contributed by atoms with Crippen molar-refractivity contribution in [3.05, 3.63) is 53.6 Å². The van der Waals surface area contributed by atoms with Gasteiger partial charge < -0.3 is 5.32 Å². The van der Waals surface area contributed by atoms with Crippen molar-refractivity contribution in [2.75, 3.05) is 5.32 Å². The van der Waals surface area contributed by atoms with Crippen LogP contribution in [0.4, 0.5) is 14.5 Å². The number of alkyl halides is 2. The number of benzene rings is 2. The lowest BCUT2D eigenvalue weighted by molar-refractivity contribution is -0.117. The third-order valence-corrected chi connectivity index (χ3v) is 4.27. The number of hydrogen-bond donors (Lipinski definition) is 1. The van der Waals surface area contributed by atoms with Crippen LogP contribution in [-0.4, -0.2) is 31.9 Å². The molecule has 0 aliphatic rings. The first-order valence-electron chi connectivity index (χ1n) is 7.39. The molecule has 2 aromatic carbocycles. The number of tetrazole rings is 1. The van der Waals surface area contributed by atoms with Gasteiger partial charge in [-0.2, -0.15) is 13.6 Å². The predicted octanol–water partition coefficient (Wildman–Crippen LogP) is 3.95. The van der Waals surface area contributed by atoms with Crippen LogP contribution in [-0.2, 0) is 11.3 Å². The van der Waals surface area contributed by atoms with Gasteiger partial charge in [-0.25, -0.2) is 0 Å². The zero-order chi connectivity index (χ0) is 18.5. The first-order valence-corrected chi connectivity index (χ1v) is 8.64. The fraction of sp³-hybridized carbons (Fsp3) is 0.125. The minimum Gasteiger partial charge on any atom is -0.324 e. The molecular formula is C16H12ClF2N5OS. The first-order chi connectivity index (χ1) is 12.5. The average Bonchev–Trinajstić information content (AvgIpc) is 3.04. The fourth-order valence-corrected chi connectivity index (χ4v) is 2.83. The molecule has 1 aromatic heterocycles.